The number of hydrogen-bond acceptors (Lipinski definition) is 4. The van der Waals surface area contributed by atoms with Crippen LogP contribution >= 0.6 is 11.6 Å². The van der Waals surface area contributed by atoms with Crippen LogP contribution in [0.5, 0.6) is 0 Å². The predicted octanol–water partition coefficient (Wildman–Crippen LogP) is 1.67. The van der Waals surface area contributed by atoms with Crippen molar-refractivity contribution < 1.29 is 13.2 Å². The van der Waals surface area contributed by atoms with Gasteiger partial charge in [-0.1, -0.05) is 11.6 Å². The average molecular weight is 295 g/mol. The van der Waals surface area contributed by atoms with E-state index >= 15 is 0 Å². The number of allylic oxidation sites excluding steroid dienone is 1. The molecule has 9 heteroatoms. The van der Waals surface area contributed by atoms with Crippen molar-refractivity contribution in [2.24, 2.45) is 0 Å². The Kier molecular flexibility index (Phi) is 3.44. The molecule has 0 amide bonds. The van der Waals surface area contributed by atoms with Gasteiger partial charge in [0.05, 0.1) is 13.0 Å². The molecule has 1 aromatic heterocycles. The Bertz CT molecular complexity index is 569. The van der Waals surface area contributed by atoms with Gasteiger partial charge in [0.1, 0.15) is 10.7 Å². The van der Waals surface area contributed by atoms with Gasteiger partial charge in [0, 0.05) is 13.6 Å². The Morgan fingerprint density at radius 1 is 1.63 bits per heavy atom. The molecule has 1 aliphatic heterocycles. The molecule has 2 rings (SSSR count). The molecule has 0 spiro atoms. The number of aromatic amines is 1. The molecule has 0 unspecified atom stereocenters. The van der Waals surface area contributed by atoms with E-state index in [0.29, 0.717) is 5.82 Å². The van der Waals surface area contributed by atoms with Crippen molar-refractivity contribution in [1.29, 1.82) is 0 Å². The number of nitrogens with zero attached hydrogens (tertiary/aromatic N) is 3. The minimum atomic E-state index is -4.57. The Morgan fingerprint density at radius 3 is 2.95 bits per heavy atom. The van der Waals surface area contributed by atoms with Gasteiger partial charge in [-0.15, -0.1) is 0 Å². The molecular weight excluding hydrogens is 285 g/mol. The molecule has 0 saturated carbocycles. The molecule has 1 aromatic rings. The van der Waals surface area contributed by atoms with Gasteiger partial charge in [-0.3, -0.25) is 4.79 Å². The van der Waals surface area contributed by atoms with Crippen LogP contribution in [-0.4, -0.2) is 36.4 Å². The molecule has 5 nitrogen and oxygen atoms in total. The first-order valence-corrected chi connectivity index (χ1v) is 5.65. The van der Waals surface area contributed by atoms with E-state index in [0.717, 1.165) is 6.08 Å². The fourth-order valence-corrected chi connectivity index (χ4v) is 1.87. The second-order valence-corrected chi connectivity index (χ2v) is 4.42. The number of halogens is 4. The van der Waals surface area contributed by atoms with Crippen molar-refractivity contribution in [3.05, 3.63) is 27.8 Å². The van der Waals surface area contributed by atoms with Gasteiger partial charge in [0.15, 0.2) is 5.82 Å². The summed E-state index contributed by atoms with van der Waals surface area (Å²) in [5.74, 6) is 0.431. The fraction of sp³-hybridized carbons (Fsp3) is 0.400. The van der Waals surface area contributed by atoms with Crippen molar-refractivity contribution in [1.82, 2.24) is 9.97 Å². The number of alkyl halides is 3. The highest BCUT2D eigenvalue weighted by molar-refractivity contribution is 6.30. The van der Waals surface area contributed by atoms with Crippen LogP contribution < -0.4 is 15.4 Å². The van der Waals surface area contributed by atoms with Gasteiger partial charge < -0.3 is 14.8 Å². The largest absolute Gasteiger partial charge is 0.426 e. The number of nitrogens with one attached hydrogen (secondary N) is 1. The van der Waals surface area contributed by atoms with Crippen molar-refractivity contribution in [2.75, 3.05) is 30.1 Å². The zero-order valence-corrected chi connectivity index (χ0v) is 10.6. The monoisotopic (exact) mass is 294 g/mol. The lowest BCUT2D eigenvalue weighted by molar-refractivity contribution is -0.0846. The highest BCUT2D eigenvalue weighted by Gasteiger charge is 2.33. The van der Waals surface area contributed by atoms with Crippen LogP contribution in [-0.2, 0) is 0 Å². The molecule has 1 N–H and O–H groups in total. The Morgan fingerprint density at radius 2 is 2.32 bits per heavy atom. The lowest BCUT2D eigenvalue weighted by Gasteiger charge is -2.16. The molecule has 0 radical (unpaired) electrons. The Hall–Kier alpha value is -1.70. The van der Waals surface area contributed by atoms with E-state index in [1.165, 1.54) is 11.2 Å². The first kappa shape index (κ1) is 13.7. The topological polar surface area (TPSA) is 52.2 Å². The van der Waals surface area contributed by atoms with Gasteiger partial charge in [-0.05, 0) is 6.08 Å². The molecule has 0 fully saturated rings. The third kappa shape index (κ3) is 2.67. The van der Waals surface area contributed by atoms with E-state index in [1.54, 1.807) is 11.9 Å². The van der Waals surface area contributed by atoms with Crippen LogP contribution in [0.2, 0.25) is 0 Å². The quantitative estimate of drug-likeness (QED) is 0.901. The molecule has 0 aromatic carbocycles. The molecule has 0 atom stereocenters. The maximum Gasteiger partial charge on any atom is 0.426 e. The van der Waals surface area contributed by atoms with Gasteiger partial charge in [0.2, 0.25) is 0 Å². The smallest absolute Gasteiger partial charge is 0.342 e. The van der Waals surface area contributed by atoms with Crippen LogP contribution in [0.1, 0.15) is 0 Å². The Labute approximate surface area is 111 Å². The van der Waals surface area contributed by atoms with Gasteiger partial charge in [-0.2, -0.15) is 13.2 Å². The Balaban J connectivity index is 2.25. The normalized spacial score (nSPS) is 15.9. The van der Waals surface area contributed by atoms with E-state index in [1.807, 2.05) is 0 Å². The van der Waals surface area contributed by atoms with Crippen LogP contribution in [0.4, 0.5) is 24.7 Å². The standard InChI is InChI=1S/C10H10ClF3N4O/c1-17-5-18(3-2-6(11)10(12,13)14)7-8(17)15-4-16-9(7)19/h2,4H,3,5H2,1H3,(H,15,16,19). The summed E-state index contributed by atoms with van der Waals surface area (Å²) in [5.41, 5.74) is -0.154. The summed E-state index contributed by atoms with van der Waals surface area (Å²) >= 11 is 5.13. The lowest BCUT2D eigenvalue weighted by Crippen LogP contribution is -2.30. The van der Waals surface area contributed by atoms with Crippen molar-refractivity contribution in [3.8, 4) is 0 Å². The third-order valence-electron chi connectivity index (χ3n) is 2.63. The van der Waals surface area contributed by atoms with E-state index in [4.69, 9.17) is 11.6 Å². The third-order valence-corrected chi connectivity index (χ3v) is 3.00. The summed E-state index contributed by atoms with van der Waals surface area (Å²) in [6.45, 7) is 0.151. The molecule has 104 valence electrons. The molecule has 19 heavy (non-hydrogen) atoms. The van der Waals surface area contributed by atoms with E-state index in [2.05, 4.69) is 9.97 Å². The fourth-order valence-electron chi connectivity index (χ4n) is 1.80. The number of H-pyrrole nitrogens is 1. The highest BCUT2D eigenvalue weighted by Crippen LogP contribution is 2.31. The second-order valence-electron chi connectivity index (χ2n) is 4.02. The van der Waals surface area contributed by atoms with E-state index in [9.17, 15) is 18.0 Å². The summed E-state index contributed by atoms with van der Waals surface area (Å²) in [4.78, 5) is 21.2. The first-order valence-electron chi connectivity index (χ1n) is 5.27. The zero-order chi connectivity index (χ0) is 14.2. The maximum atomic E-state index is 12.3. The summed E-state index contributed by atoms with van der Waals surface area (Å²) in [5, 5.41) is -1.20. The van der Waals surface area contributed by atoms with Crippen molar-refractivity contribution in [2.45, 2.75) is 6.18 Å². The molecule has 0 aliphatic carbocycles. The molecule has 0 saturated heterocycles. The maximum absolute atomic E-state index is 12.3. The second kappa shape index (κ2) is 4.76. The lowest BCUT2D eigenvalue weighted by atomic mass is 10.4. The van der Waals surface area contributed by atoms with Crippen LogP contribution in [0.15, 0.2) is 22.2 Å². The summed E-state index contributed by atoms with van der Waals surface area (Å²) in [6.07, 6.45) is -2.49. The number of hydrogen-bond donors (Lipinski definition) is 1. The SMILES string of the molecule is CN1CN(CC=C(Cl)C(F)(F)F)c2c1nc[nH]c2=O. The van der Waals surface area contributed by atoms with Crippen LogP contribution in [0, 0.1) is 0 Å². The van der Waals surface area contributed by atoms with Crippen LogP contribution in [0.25, 0.3) is 0 Å². The van der Waals surface area contributed by atoms with Crippen LogP contribution in [0.3, 0.4) is 0 Å². The molecule has 0 bridgehead atoms. The molecule has 2 heterocycles. The summed E-state index contributed by atoms with van der Waals surface area (Å²) in [6, 6.07) is 0. The van der Waals surface area contributed by atoms with E-state index < -0.39 is 16.8 Å². The van der Waals surface area contributed by atoms with Gasteiger partial charge in [-0.25, -0.2) is 4.98 Å². The summed E-state index contributed by atoms with van der Waals surface area (Å²) < 4.78 is 36.8. The highest BCUT2D eigenvalue weighted by atomic mass is 35.5. The van der Waals surface area contributed by atoms with Gasteiger partial charge in [0.25, 0.3) is 5.56 Å². The number of aromatic nitrogens is 2. The summed E-state index contributed by atoms with van der Waals surface area (Å²) in [7, 11) is 1.69. The average Bonchev–Trinajstić information content (AvgIpc) is 2.63. The number of fused-ring (bicyclic) bond motifs is 1. The van der Waals surface area contributed by atoms with Crippen molar-refractivity contribution in [3.63, 3.8) is 0 Å². The molecule has 1 aliphatic rings. The van der Waals surface area contributed by atoms with Gasteiger partial charge >= 0.3 is 6.18 Å². The minimum absolute atomic E-state index is 0.121. The predicted molar refractivity (Wildman–Crippen MR) is 65.5 cm³/mol. The van der Waals surface area contributed by atoms with Crippen molar-refractivity contribution >= 4 is 23.1 Å². The van der Waals surface area contributed by atoms with E-state index in [-0.39, 0.29) is 18.9 Å². The molecular formula is C10H10ClF3N4O. The minimum Gasteiger partial charge on any atom is -0.342 e. The number of rotatable bonds is 2. The number of anilines is 2. The zero-order valence-electron chi connectivity index (χ0n) is 9.83. The first-order chi connectivity index (χ1) is 8.80.